The topological polar surface area (TPSA) is 47.4 Å². The molecule has 5 nitrogen and oxygen atoms in total. The van der Waals surface area contributed by atoms with Crippen LogP contribution in [0.1, 0.15) is 39.9 Å². The summed E-state index contributed by atoms with van der Waals surface area (Å²) in [6.45, 7) is 6.71. The number of hydrogen-bond acceptors (Lipinski definition) is 4. The first-order chi connectivity index (χ1) is 12.0. The van der Waals surface area contributed by atoms with E-state index in [0.717, 1.165) is 54.9 Å². The molecular formula is C20H27N3O2. The summed E-state index contributed by atoms with van der Waals surface area (Å²) in [5.74, 6) is 1.20. The number of aryl methyl sites for hydroxylation is 3. The smallest absolute Gasteiger partial charge is 0.167 e. The number of benzene rings is 1. The third kappa shape index (κ3) is 3.93. The lowest BCUT2D eigenvalue weighted by molar-refractivity contribution is 0.0811. The molecule has 0 bridgehead atoms. The van der Waals surface area contributed by atoms with Gasteiger partial charge in [0.25, 0.3) is 0 Å². The number of likely N-dealkylation sites (tertiary alicyclic amines) is 1. The van der Waals surface area contributed by atoms with Gasteiger partial charge in [-0.25, -0.2) is 0 Å². The largest absolute Gasteiger partial charge is 0.496 e. The SMILES string of the molecule is COc1c(C)cc(C(=O)[C@@H]2CCCN(Cc3cnn(C)c3)C2)cc1C. The molecular weight excluding hydrogens is 314 g/mol. The molecule has 1 saturated heterocycles. The van der Waals surface area contributed by atoms with E-state index in [1.165, 1.54) is 5.56 Å². The van der Waals surface area contributed by atoms with E-state index in [9.17, 15) is 4.79 Å². The maximum atomic E-state index is 13.0. The maximum absolute atomic E-state index is 13.0. The van der Waals surface area contributed by atoms with E-state index in [1.54, 1.807) is 7.11 Å². The second-order valence-corrected chi connectivity index (χ2v) is 7.10. The fraction of sp³-hybridized carbons (Fsp3) is 0.500. The van der Waals surface area contributed by atoms with E-state index < -0.39 is 0 Å². The van der Waals surface area contributed by atoms with Gasteiger partial charge in [-0.2, -0.15) is 5.10 Å². The average molecular weight is 341 g/mol. The van der Waals surface area contributed by atoms with Gasteiger partial charge < -0.3 is 4.74 Å². The molecule has 0 radical (unpaired) electrons. The van der Waals surface area contributed by atoms with Crippen LogP contribution < -0.4 is 4.74 Å². The molecule has 0 aliphatic carbocycles. The number of piperidine rings is 1. The highest BCUT2D eigenvalue weighted by atomic mass is 16.5. The first-order valence-corrected chi connectivity index (χ1v) is 8.87. The molecule has 25 heavy (non-hydrogen) atoms. The lowest BCUT2D eigenvalue weighted by atomic mass is 9.88. The Kier molecular flexibility index (Phi) is 5.23. The van der Waals surface area contributed by atoms with E-state index >= 15 is 0 Å². The van der Waals surface area contributed by atoms with Gasteiger partial charge in [0.05, 0.1) is 13.3 Å². The van der Waals surface area contributed by atoms with Crippen molar-refractivity contribution >= 4 is 5.78 Å². The molecule has 2 heterocycles. The minimum atomic E-state index is 0.0672. The van der Waals surface area contributed by atoms with E-state index in [2.05, 4.69) is 10.00 Å². The number of carbonyl (C=O) groups is 1. The Morgan fingerprint density at radius 2 is 2.04 bits per heavy atom. The van der Waals surface area contributed by atoms with Gasteiger partial charge in [-0.3, -0.25) is 14.4 Å². The van der Waals surface area contributed by atoms with Crippen LogP contribution in [-0.2, 0) is 13.6 Å². The molecule has 5 heteroatoms. The van der Waals surface area contributed by atoms with Crippen LogP contribution in [-0.4, -0.2) is 40.7 Å². The maximum Gasteiger partial charge on any atom is 0.167 e. The zero-order valence-corrected chi connectivity index (χ0v) is 15.6. The summed E-state index contributed by atoms with van der Waals surface area (Å²) in [6.07, 6.45) is 5.97. The minimum Gasteiger partial charge on any atom is -0.496 e. The fourth-order valence-corrected chi connectivity index (χ4v) is 3.88. The summed E-state index contributed by atoms with van der Waals surface area (Å²) in [6, 6.07) is 3.93. The third-order valence-electron chi connectivity index (χ3n) is 4.99. The minimum absolute atomic E-state index is 0.0672. The quantitative estimate of drug-likeness (QED) is 0.784. The summed E-state index contributed by atoms with van der Waals surface area (Å²) in [7, 11) is 3.61. The van der Waals surface area contributed by atoms with Crippen molar-refractivity contribution in [1.29, 1.82) is 0 Å². The van der Waals surface area contributed by atoms with Crippen LogP contribution in [0.15, 0.2) is 24.5 Å². The van der Waals surface area contributed by atoms with Gasteiger partial charge in [0.15, 0.2) is 5.78 Å². The molecule has 134 valence electrons. The van der Waals surface area contributed by atoms with Crippen molar-refractivity contribution in [2.24, 2.45) is 13.0 Å². The Labute approximate surface area is 149 Å². The number of aromatic nitrogens is 2. The average Bonchev–Trinajstić information content (AvgIpc) is 2.99. The summed E-state index contributed by atoms with van der Waals surface area (Å²) in [5, 5.41) is 4.23. The molecule has 1 atom stereocenters. The zero-order chi connectivity index (χ0) is 18.0. The predicted molar refractivity (Wildman–Crippen MR) is 98.0 cm³/mol. The standard InChI is InChI=1S/C20H27N3O2/c1-14-8-18(9-15(2)20(14)25-4)19(24)17-6-5-7-23(13-17)12-16-10-21-22(3)11-16/h8-11,17H,5-7,12-13H2,1-4H3/t17-/m1/s1. The van der Waals surface area contributed by atoms with Gasteiger partial charge >= 0.3 is 0 Å². The molecule has 0 N–H and O–H groups in total. The van der Waals surface area contributed by atoms with Crippen LogP contribution in [0.5, 0.6) is 5.75 Å². The lowest BCUT2D eigenvalue weighted by Crippen LogP contribution is -2.38. The van der Waals surface area contributed by atoms with Crippen molar-refractivity contribution in [2.75, 3.05) is 20.2 Å². The molecule has 0 spiro atoms. The van der Waals surface area contributed by atoms with Gasteiger partial charge in [-0.15, -0.1) is 0 Å². The number of ketones is 1. The monoisotopic (exact) mass is 341 g/mol. The van der Waals surface area contributed by atoms with E-state index in [-0.39, 0.29) is 11.7 Å². The highest BCUT2D eigenvalue weighted by Gasteiger charge is 2.27. The van der Waals surface area contributed by atoms with Crippen molar-refractivity contribution in [1.82, 2.24) is 14.7 Å². The Balaban J connectivity index is 1.71. The summed E-state index contributed by atoms with van der Waals surface area (Å²) in [4.78, 5) is 15.4. The Morgan fingerprint density at radius 3 is 2.64 bits per heavy atom. The molecule has 0 amide bonds. The number of hydrogen-bond donors (Lipinski definition) is 0. The summed E-state index contributed by atoms with van der Waals surface area (Å²) >= 11 is 0. The van der Waals surface area contributed by atoms with Crippen LogP contribution >= 0.6 is 0 Å². The first kappa shape index (κ1) is 17.7. The highest BCUT2D eigenvalue weighted by molar-refractivity contribution is 5.98. The molecule has 1 fully saturated rings. The number of ether oxygens (including phenoxy) is 1. The molecule has 1 aliphatic rings. The molecule has 2 aromatic rings. The Morgan fingerprint density at radius 1 is 1.32 bits per heavy atom. The molecule has 3 rings (SSSR count). The van der Waals surface area contributed by atoms with Crippen LogP contribution in [0, 0.1) is 19.8 Å². The molecule has 0 saturated carbocycles. The first-order valence-electron chi connectivity index (χ1n) is 8.87. The van der Waals surface area contributed by atoms with E-state index in [1.807, 2.05) is 50.1 Å². The second-order valence-electron chi connectivity index (χ2n) is 7.10. The van der Waals surface area contributed by atoms with Gasteiger partial charge in [-0.1, -0.05) is 0 Å². The van der Waals surface area contributed by atoms with Crippen LogP contribution in [0.4, 0.5) is 0 Å². The molecule has 0 unspecified atom stereocenters. The van der Waals surface area contributed by atoms with Gasteiger partial charge in [0, 0.05) is 43.4 Å². The second kappa shape index (κ2) is 7.40. The van der Waals surface area contributed by atoms with Crippen molar-refractivity contribution in [2.45, 2.75) is 33.2 Å². The fourth-order valence-electron chi connectivity index (χ4n) is 3.88. The molecule has 1 aromatic carbocycles. The number of rotatable bonds is 5. The van der Waals surface area contributed by atoms with Gasteiger partial charge in [0.2, 0.25) is 0 Å². The lowest BCUT2D eigenvalue weighted by Gasteiger charge is -2.31. The van der Waals surface area contributed by atoms with Crippen molar-refractivity contribution in [3.8, 4) is 5.75 Å². The van der Waals surface area contributed by atoms with Gasteiger partial charge in [0.1, 0.15) is 5.75 Å². The third-order valence-corrected chi connectivity index (χ3v) is 4.99. The van der Waals surface area contributed by atoms with Crippen molar-refractivity contribution in [3.63, 3.8) is 0 Å². The number of Topliss-reactive ketones (excluding diaryl/α,β-unsaturated/α-hetero) is 1. The van der Waals surface area contributed by atoms with Crippen molar-refractivity contribution < 1.29 is 9.53 Å². The van der Waals surface area contributed by atoms with Crippen LogP contribution in [0.25, 0.3) is 0 Å². The van der Waals surface area contributed by atoms with Crippen molar-refractivity contribution in [3.05, 3.63) is 46.8 Å². The Bertz CT molecular complexity index is 743. The molecule has 1 aromatic heterocycles. The zero-order valence-electron chi connectivity index (χ0n) is 15.6. The van der Waals surface area contributed by atoms with Gasteiger partial charge in [-0.05, 0) is 56.5 Å². The predicted octanol–water partition coefficient (Wildman–Crippen LogP) is 3.14. The molecule has 1 aliphatic heterocycles. The van der Waals surface area contributed by atoms with E-state index in [0.29, 0.717) is 0 Å². The van der Waals surface area contributed by atoms with E-state index in [4.69, 9.17) is 4.74 Å². The number of carbonyl (C=O) groups excluding carboxylic acids is 1. The van der Waals surface area contributed by atoms with Crippen LogP contribution in [0.3, 0.4) is 0 Å². The number of methoxy groups -OCH3 is 1. The highest BCUT2D eigenvalue weighted by Crippen LogP contribution is 2.28. The summed E-state index contributed by atoms with van der Waals surface area (Å²) < 4.78 is 7.24. The normalized spacial score (nSPS) is 18.3. The van der Waals surface area contributed by atoms with Crippen LogP contribution in [0.2, 0.25) is 0 Å². The number of nitrogens with zero attached hydrogens (tertiary/aromatic N) is 3. The Hall–Kier alpha value is -2.14. The summed E-state index contributed by atoms with van der Waals surface area (Å²) in [5.41, 5.74) is 4.05.